The number of rotatable bonds is 55. The quantitative estimate of drug-likeness (QED) is 0.0321. The van der Waals surface area contributed by atoms with Crippen LogP contribution in [-0.4, -0.2) is 233 Å². The van der Waals surface area contributed by atoms with E-state index in [1.807, 2.05) is 23.5 Å². The minimum atomic E-state index is -0.400. The zero-order valence-corrected chi connectivity index (χ0v) is 53.7. The Morgan fingerprint density at radius 2 is 0.750 bits per heavy atom. The van der Waals surface area contributed by atoms with E-state index in [0.717, 1.165) is 69.5 Å². The zero-order chi connectivity index (χ0) is 62.5. The standard InChI is InChI=1S/C61H103N9O16S2/c1-2-3-23-78-29-35-84-36-30-79-24-9-8-18-55(73)66-48-42-46(58(74)64-21-12-27-82-33-39-85-37-31-80-25-10-19-62-53(71)16-6-4-14-51-56-49(44-87-51)67-60(76)69-56)41-47(43-48)59(75)65-22-13-28-83-34-40-86-38-32-81-26-11-20-63-54(72)17-7-5-15-52-57-50(45-88-52)68-61(77)70-57/h41-43,49-52,56-57H,2-40,44-45H2,1H3,(H,62,71)(H,63,72)(H,64,74)(H,65,75)(H,66,73)(H2,67,69,76)(H2,68,70,77). The zero-order valence-electron chi connectivity index (χ0n) is 52.0. The Morgan fingerprint density at radius 1 is 0.409 bits per heavy atom. The summed E-state index contributed by atoms with van der Waals surface area (Å²) in [7, 11) is 0. The molecule has 0 spiro atoms. The van der Waals surface area contributed by atoms with Gasteiger partial charge in [-0.2, -0.15) is 23.5 Å². The van der Waals surface area contributed by atoms with Gasteiger partial charge in [-0.25, -0.2) is 9.59 Å². The molecule has 1 aromatic carbocycles. The fourth-order valence-electron chi connectivity index (χ4n) is 10.0. The lowest BCUT2D eigenvalue weighted by molar-refractivity contribution is -0.122. The molecule has 27 heteroatoms. The number of carbonyl (C=O) groups is 7. The predicted molar refractivity (Wildman–Crippen MR) is 338 cm³/mol. The van der Waals surface area contributed by atoms with Gasteiger partial charge in [0.25, 0.3) is 11.8 Å². The molecule has 6 atom stereocenters. The van der Waals surface area contributed by atoms with Gasteiger partial charge in [0.2, 0.25) is 17.7 Å². The average Bonchev–Trinajstić information content (AvgIpc) is 4.39. The van der Waals surface area contributed by atoms with E-state index in [-0.39, 0.29) is 71.5 Å². The van der Waals surface area contributed by atoms with Crippen LogP contribution < -0.4 is 47.9 Å². The molecule has 4 saturated heterocycles. The van der Waals surface area contributed by atoms with Crippen LogP contribution in [-0.2, 0) is 57.0 Å². The van der Waals surface area contributed by atoms with Crippen LogP contribution in [0.15, 0.2) is 18.2 Å². The molecule has 4 fully saturated rings. The molecule has 88 heavy (non-hydrogen) atoms. The van der Waals surface area contributed by atoms with Crippen molar-refractivity contribution in [1.29, 1.82) is 0 Å². The maximum atomic E-state index is 13.4. The topological polar surface area (TPSA) is 311 Å². The van der Waals surface area contributed by atoms with Crippen LogP contribution in [0.3, 0.4) is 0 Å². The summed E-state index contributed by atoms with van der Waals surface area (Å²) in [6.07, 6.45) is 12.6. The summed E-state index contributed by atoms with van der Waals surface area (Å²) in [5.41, 5.74) is 0.775. The molecule has 0 radical (unpaired) electrons. The summed E-state index contributed by atoms with van der Waals surface area (Å²) in [4.78, 5) is 87.5. The van der Waals surface area contributed by atoms with Crippen molar-refractivity contribution in [1.82, 2.24) is 42.5 Å². The molecular formula is C61H103N9O16S2. The molecule has 25 nitrogen and oxygen atoms in total. The molecule has 6 unspecified atom stereocenters. The number of ether oxygens (including phenoxy) is 9. The first-order valence-corrected chi connectivity index (χ1v) is 34.3. The summed E-state index contributed by atoms with van der Waals surface area (Å²) in [6, 6.07) is 5.30. The molecule has 500 valence electrons. The normalized spacial score (nSPS) is 19.1. The van der Waals surface area contributed by atoms with Crippen LogP contribution in [0.1, 0.15) is 137 Å². The monoisotopic (exact) mass is 1280 g/mol. The van der Waals surface area contributed by atoms with Gasteiger partial charge in [-0.3, -0.25) is 24.0 Å². The van der Waals surface area contributed by atoms with E-state index in [9.17, 15) is 33.6 Å². The number of unbranched alkanes of at least 4 members (excludes halogenated alkanes) is 4. The lowest BCUT2D eigenvalue weighted by atomic mass is 10.0. The Hall–Kier alpha value is -4.55. The smallest absolute Gasteiger partial charge is 0.315 e. The van der Waals surface area contributed by atoms with Crippen LogP contribution in [0.4, 0.5) is 15.3 Å². The minimum Gasteiger partial charge on any atom is -0.379 e. The van der Waals surface area contributed by atoms with E-state index in [0.29, 0.717) is 206 Å². The van der Waals surface area contributed by atoms with E-state index in [4.69, 9.17) is 42.6 Å². The number of nitrogens with one attached hydrogen (secondary N) is 9. The Morgan fingerprint density at radius 3 is 1.15 bits per heavy atom. The highest BCUT2D eigenvalue weighted by Gasteiger charge is 2.43. The summed E-state index contributed by atoms with van der Waals surface area (Å²) in [5.74, 6) is 0.917. The van der Waals surface area contributed by atoms with E-state index in [1.165, 1.54) is 6.07 Å². The third kappa shape index (κ3) is 33.0. The highest BCUT2D eigenvalue weighted by Crippen LogP contribution is 2.34. The number of carbonyl (C=O) groups excluding carboxylic acids is 7. The molecular weight excluding hydrogens is 1180 g/mol. The molecule has 0 bridgehead atoms. The molecule has 0 aliphatic carbocycles. The number of anilines is 1. The molecule has 9 N–H and O–H groups in total. The van der Waals surface area contributed by atoms with Gasteiger partial charge in [0.05, 0.1) is 103 Å². The van der Waals surface area contributed by atoms with Crippen molar-refractivity contribution in [2.75, 3.05) is 162 Å². The SMILES string of the molecule is CCCCOCCOCCOCCCCC(=O)Nc1cc(C(=O)NCCCOCCOCCOCCCNC(=O)CCCCC2SCC3NC(=O)NC32)cc(C(=O)NCCCOCCOCCOCCCNC(=O)CCCCC2SCC3NC(=O)NC32)c1. The van der Waals surface area contributed by atoms with Gasteiger partial charge in [-0.1, -0.05) is 26.2 Å². The molecule has 4 aliphatic heterocycles. The molecule has 0 aromatic heterocycles. The lowest BCUT2D eigenvalue weighted by Gasteiger charge is -2.16. The van der Waals surface area contributed by atoms with Crippen LogP contribution >= 0.6 is 23.5 Å². The Labute approximate surface area is 529 Å². The number of fused-ring (bicyclic) bond motifs is 2. The number of benzene rings is 1. The van der Waals surface area contributed by atoms with Crippen molar-refractivity contribution >= 4 is 70.8 Å². The average molecular weight is 1280 g/mol. The van der Waals surface area contributed by atoms with Crippen molar-refractivity contribution in [3.63, 3.8) is 0 Å². The highest BCUT2D eigenvalue weighted by molar-refractivity contribution is 8.00. The van der Waals surface area contributed by atoms with Gasteiger partial charge in [-0.15, -0.1) is 0 Å². The van der Waals surface area contributed by atoms with E-state index in [1.54, 1.807) is 12.1 Å². The van der Waals surface area contributed by atoms with E-state index in [2.05, 4.69) is 54.8 Å². The fourth-order valence-corrected chi connectivity index (χ4v) is 13.1. The number of urea groups is 2. The Balaban J connectivity index is 0.859. The van der Waals surface area contributed by atoms with Gasteiger partial charge in [0.1, 0.15) is 0 Å². The minimum absolute atomic E-state index is 0.0445. The summed E-state index contributed by atoms with van der Waals surface area (Å²) < 4.78 is 50.5. The molecule has 1 aromatic rings. The Kier molecular flexibility index (Phi) is 39.9. The summed E-state index contributed by atoms with van der Waals surface area (Å²) in [6.45, 7) is 12.1. The first-order valence-electron chi connectivity index (χ1n) is 32.2. The van der Waals surface area contributed by atoms with Crippen molar-refractivity contribution in [2.24, 2.45) is 0 Å². The second-order valence-electron chi connectivity index (χ2n) is 22.0. The molecule has 4 heterocycles. The molecule has 9 amide bonds. The van der Waals surface area contributed by atoms with E-state index >= 15 is 0 Å². The highest BCUT2D eigenvalue weighted by atomic mass is 32.2. The van der Waals surface area contributed by atoms with E-state index < -0.39 is 11.8 Å². The first kappa shape index (κ1) is 74.2. The van der Waals surface area contributed by atoms with Crippen molar-refractivity contribution in [2.45, 2.75) is 151 Å². The van der Waals surface area contributed by atoms with Crippen LogP contribution in [0.2, 0.25) is 0 Å². The number of hydrogen-bond donors (Lipinski definition) is 9. The first-order chi connectivity index (χ1) is 43.1. The largest absolute Gasteiger partial charge is 0.379 e. The van der Waals surface area contributed by atoms with Gasteiger partial charge in [0.15, 0.2) is 0 Å². The van der Waals surface area contributed by atoms with Crippen LogP contribution in [0.25, 0.3) is 0 Å². The molecule has 0 saturated carbocycles. The van der Waals surface area contributed by atoms with Crippen molar-refractivity contribution in [3.05, 3.63) is 29.3 Å². The number of amides is 9. The third-order valence-corrected chi connectivity index (χ3v) is 17.8. The maximum Gasteiger partial charge on any atom is 0.315 e. The van der Waals surface area contributed by atoms with Crippen molar-refractivity contribution < 1.29 is 76.2 Å². The second kappa shape index (κ2) is 47.4. The number of hydrogen-bond acceptors (Lipinski definition) is 18. The van der Waals surface area contributed by atoms with Crippen LogP contribution in [0.5, 0.6) is 0 Å². The summed E-state index contributed by atoms with van der Waals surface area (Å²) >= 11 is 3.78. The predicted octanol–water partition coefficient (Wildman–Crippen LogP) is 4.45. The van der Waals surface area contributed by atoms with Gasteiger partial charge < -0.3 is 90.5 Å². The Bertz CT molecular complexity index is 2040. The maximum absolute atomic E-state index is 13.4. The molecule has 5 rings (SSSR count). The van der Waals surface area contributed by atoms with Crippen molar-refractivity contribution in [3.8, 4) is 0 Å². The lowest BCUT2D eigenvalue weighted by Crippen LogP contribution is -2.36. The molecule has 4 aliphatic rings. The van der Waals surface area contributed by atoms with Crippen LogP contribution in [0, 0.1) is 0 Å². The number of thioether (sulfide) groups is 2. The van der Waals surface area contributed by atoms with Gasteiger partial charge in [-0.05, 0) is 88.8 Å². The van der Waals surface area contributed by atoms with Gasteiger partial charge in [0, 0.05) is 124 Å². The second-order valence-corrected chi connectivity index (χ2v) is 24.6. The summed E-state index contributed by atoms with van der Waals surface area (Å²) in [5, 5.41) is 27.3. The fraction of sp³-hybridized carbons (Fsp3) is 0.787. The van der Waals surface area contributed by atoms with Gasteiger partial charge >= 0.3 is 12.1 Å². The third-order valence-electron chi connectivity index (χ3n) is 14.8.